The molecule has 0 heterocycles. The minimum atomic E-state index is -3.80. The van der Waals surface area contributed by atoms with E-state index in [1.165, 1.54) is 36.4 Å². The lowest BCUT2D eigenvalue weighted by Gasteiger charge is -2.22. The Bertz CT molecular complexity index is 1210. The molecule has 0 amide bonds. The second kappa shape index (κ2) is 10.8. The lowest BCUT2D eigenvalue weighted by atomic mass is 10.2. The fourth-order valence-electron chi connectivity index (χ4n) is 2.99. The number of nitrogens with zero attached hydrogens (tertiary/aromatic N) is 4. The Balaban J connectivity index is 1.58. The van der Waals surface area contributed by atoms with E-state index in [1.54, 1.807) is 24.3 Å². The molecule has 3 aromatic rings. The summed E-state index contributed by atoms with van der Waals surface area (Å²) in [6, 6.07) is 19.6. The molecule has 0 atom stereocenters. The molecule has 172 valence electrons. The van der Waals surface area contributed by atoms with Crippen LogP contribution in [0.3, 0.4) is 0 Å². The third-order valence-corrected chi connectivity index (χ3v) is 6.17. The largest absolute Gasteiger partial charge is 0.369 e. The molecule has 0 saturated carbocycles. The van der Waals surface area contributed by atoms with Crippen molar-refractivity contribution in [3.8, 4) is 0 Å². The van der Waals surface area contributed by atoms with Crippen LogP contribution in [0.4, 0.5) is 22.7 Å². The SMILES string of the molecule is CCN(CCOS(=O)(=O)c1ccc(C)cc1)c1ccc(N=Nc2ccc([N+](=O)[O-])cc2)cc1. The number of nitro benzene ring substituents is 1. The van der Waals surface area contributed by atoms with Crippen molar-refractivity contribution in [1.29, 1.82) is 0 Å². The highest BCUT2D eigenvalue weighted by molar-refractivity contribution is 7.86. The maximum absolute atomic E-state index is 12.3. The van der Waals surface area contributed by atoms with E-state index < -0.39 is 15.0 Å². The average molecular weight is 469 g/mol. The predicted molar refractivity (Wildman–Crippen MR) is 126 cm³/mol. The van der Waals surface area contributed by atoms with Crippen LogP contribution in [-0.2, 0) is 14.3 Å². The maximum Gasteiger partial charge on any atom is 0.297 e. The number of hydrogen-bond acceptors (Lipinski definition) is 8. The zero-order valence-electron chi connectivity index (χ0n) is 18.3. The smallest absolute Gasteiger partial charge is 0.297 e. The molecular formula is C23H24N4O5S. The summed E-state index contributed by atoms with van der Waals surface area (Å²) in [5.74, 6) is 0. The van der Waals surface area contributed by atoms with Crippen LogP contribution in [0.25, 0.3) is 0 Å². The fraction of sp³-hybridized carbons (Fsp3) is 0.217. The van der Waals surface area contributed by atoms with Gasteiger partial charge in [-0.2, -0.15) is 18.6 Å². The van der Waals surface area contributed by atoms with E-state index >= 15 is 0 Å². The lowest BCUT2D eigenvalue weighted by molar-refractivity contribution is -0.384. The number of aryl methyl sites for hydroxylation is 1. The third-order valence-electron chi connectivity index (χ3n) is 4.85. The maximum atomic E-state index is 12.3. The Morgan fingerprint density at radius 3 is 1.97 bits per heavy atom. The Morgan fingerprint density at radius 2 is 1.45 bits per heavy atom. The predicted octanol–water partition coefficient (Wildman–Crippen LogP) is 5.55. The normalized spacial score (nSPS) is 11.6. The van der Waals surface area contributed by atoms with Crippen LogP contribution in [0.15, 0.2) is 87.9 Å². The van der Waals surface area contributed by atoms with Crippen LogP contribution in [0.5, 0.6) is 0 Å². The van der Waals surface area contributed by atoms with Crippen molar-refractivity contribution < 1.29 is 17.5 Å². The number of rotatable bonds is 10. The van der Waals surface area contributed by atoms with Gasteiger partial charge in [-0.05, 0) is 62.4 Å². The molecule has 0 saturated heterocycles. The number of azo groups is 1. The van der Waals surface area contributed by atoms with Crippen LogP contribution < -0.4 is 4.90 Å². The highest BCUT2D eigenvalue weighted by Crippen LogP contribution is 2.24. The fourth-order valence-corrected chi connectivity index (χ4v) is 3.89. The zero-order valence-corrected chi connectivity index (χ0v) is 19.1. The van der Waals surface area contributed by atoms with E-state index in [2.05, 4.69) is 10.2 Å². The molecule has 10 heteroatoms. The van der Waals surface area contributed by atoms with E-state index in [9.17, 15) is 18.5 Å². The Labute approximate surface area is 192 Å². The van der Waals surface area contributed by atoms with Crippen molar-refractivity contribution in [2.24, 2.45) is 10.2 Å². The summed E-state index contributed by atoms with van der Waals surface area (Å²) < 4.78 is 29.9. The molecule has 33 heavy (non-hydrogen) atoms. The number of benzene rings is 3. The van der Waals surface area contributed by atoms with Gasteiger partial charge in [-0.15, -0.1) is 0 Å². The molecule has 0 aromatic heterocycles. The molecule has 3 aromatic carbocycles. The van der Waals surface area contributed by atoms with Crippen molar-refractivity contribution in [1.82, 2.24) is 0 Å². The van der Waals surface area contributed by atoms with E-state index in [-0.39, 0.29) is 17.2 Å². The van der Waals surface area contributed by atoms with Crippen molar-refractivity contribution in [2.75, 3.05) is 24.6 Å². The van der Waals surface area contributed by atoms with Crippen LogP contribution >= 0.6 is 0 Å². The van der Waals surface area contributed by atoms with E-state index in [1.807, 2.05) is 30.9 Å². The molecular weight excluding hydrogens is 444 g/mol. The summed E-state index contributed by atoms with van der Waals surface area (Å²) in [6.45, 7) is 4.93. The summed E-state index contributed by atoms with van der Waals surface area (Å²) in [4.78, 5) is 12.4. The molecule has 0 aliphatic heterocycles. The molecule has 0 unspecified atom stereocenters. The molecule has 0 bridgehead atoms. The summed E-state index contributed by atoms with van der Waals surface area (Å²) in [7, 11) is -3.80. The van der Waals surface area contributed by atoms with Gasteiger partial charge in [0.25, 0.3) is 15.8 Å². The molecule has 9 nitrogen and oxygen atoms in total. The Kier molecular flexibility index (Phi) is 7.86. The Hall–Kier alpha value is -3.63. The number of nitro groups is 1. The summed E-state index contributed by atoms with van der Waals surface area (Å²) in [5, 5.41) is 18.9. The van der Waals surface area contributed by atoms with Gasteiger partial charge in [0.1, 0.15) is 0 Å². The minimum absolute atomic E-state index is 0.00592. The standard InChI is InChI=1S/C23H24N4O5S/c1-3-26(16-17-32-33(30,31)23-14-4-18(2)5-15-23)21-10-6-19(7-11-21)24-25-20-8-12-22(13-9-20)27(28)29/h4-15H,3,16-17H2,1-2H3. The minimum Gasteiger partial charge on any atom is -0.369 e. The average Bonchev–Trinajstić information content (AvgIpc) is 2.81. The van der Waals surface area contributed by atoms with Gasteiger partial charge >= 0.3 is 0 Å². The molecule has 3 rings (SSSR count). The van der Waals surface area contributed by atoms with Crippen LogP contribution in [0.2, 0.25) is 0 Å². The number of hydrogen-bond donors (Lipinski definition) is 0. The van der Waals surface area contributed by atoms with Crippen LogP contribution in [-0.4, -0.2) is 33.0 Å². The van der Waals surface area contributed by atoms with Gasteiger partial charge in [-0.25, -0.2) is 0 Å². The van der Waals surface area contributed by atoms with Gasteiger partial charge in [-0.3, -0.25) is 14.3 Å². The lowest BCUT2D eigenvalue weighted by Crippen LogP contribution is -2.28. The Morgan fingerprint density at radius 1 is 0.909 bits per heavy atom. The number of non-ortho nitro benzene ring substituents is 1. The van der Waals surface area contributed by atoms with Crippen molar-refractivity contribution in [3.05, 3.63) is 88.5 Å². The quantitative estimate of drug-likeness (QED) is 0.167. The van der Waals surface area contributed by atoms with E-state index in [4.69, 9.17) is 4.18 Å². The summed E-state index contributed by atoms with van der Waals surface area (Å²) in [5.41, 5.74) is 2.98. The first-order chi connectivity index (χ1) is 15.8. The van der Waals surface area contributed by atoms with Crippen molar-refractivity contribution in [2.45, 2.75) is 18.7 Å². The van der Waals surface area contributed by atoms with Gasteiger partial charge in [0, 0.05) is 30.9 Å². The van der Waals surface area contributed by atoms with Gasteiger partial charge in [0.05, 0.1) is 27.8 Å². The van der Waals surface area contributed by atoms with Gasteiger partial charge < -0.3 is 4.90 Å². The number of anilines is 1. The summed E-state index contributed by atoms with van der Waals surface area (Å²) >= 11 is 0. The van der Waals surface area contributed by atoms with E-state index in [0.717, 1.165) is 11.3 Å². The van der Waals surface area contributed by atoms with Crippen LogP contribution in [0.1, 0.15) is 12.5 Å². The van der Waals surface area contributed by atoms with Crippen molar-refractivity contribution in [3.63, 3.8) is 0 Å². The van der Waals surface area contributed by atoms with Gasteiger partial charge in [0.2, 0.25) is 0 Å². The summed E-state index contributed by atoms with van der Waals surface area (Å²) in [6.07, 6.45) is 0. The van der Waals surface area contributed by atoms with Gasteiger partial charge in [0.15, 0.2) is 0 Å². The van der Waals surface area contributed by atoms with Crippen molar-refractivity contribution >= 4 is 32.9 Å². The first-order valence-corrected chi connectivity index (χ1v) is 11.7. The highest BCUT2D eigenvalue weighted by atomic mass is 32.2. The molecule has 0 N–H and O–H groups in total. The molecule has 0 spiro atoms. The highest BCUT2D eigenvalue weighted by Gasteiger charge is 2.15. The van der Waals surface area contributed by atoms with E-state index in [0.29, 0.717) is 24.5 Å². The van der Waals surface area contributed by atoms with Crippen LogP contribution in [0, 0.1) is 17.0 Å². The topological polar surface area (TPSA) is 114 Å². The first-order valence-electron chi connectivity index (χ1n) is 10.3. The second-order valence-electron chi connectivity index (χ2n) is 7.16. The third kappa shape index (κ3) is 6.67. The first kappa shape index (κ1) is 24.0. The zero-order chi connectivity index (χ0) is 23.8. The monoisotopic (exact) mass is 468 g/mol. The molecule has 0 aliphatic rings. The second-order valence-corrected chi connectivity index (χ2v) is 8.77. The molecule has 0 radical (unpaired) electrons. The molecule has 0 aliphatic carbocycles. The molecule has 0 fully saturated rings. The van der Waals surface area contributed by atoms with Gasteiger partial charge in [-0.1, -0.05) is 17.7 Å². The number of likely N-dealkylation sites (N-methyl/N-ethyl adjacent to an activating group) is 1.